The summed E-state index contributed by atoms with van der Waals surface area (Å²) in [5.74, 6) is -0.243. The highest BCUT2D eigenvalue weighted by Gasteiger charge is 2.50. The summed E-state index contributed by atoms with van der Waals surface area (Å²) in [6.45, 7) is 2.71. The molecule has 9 N–H and O–H groups in total. The lowest BCUT2D eigenvalue weighted by Gasteiger charge is -2.46. The van der Waals surface area contributed by atoms with Crippen molar-refractivity contribution in [1.29, 1.82) is 0 Å². The van der Waals surface area contributed by atoms with E-state index in [-0.39, 0.29) is 18.9 Å². The Hall–Kier alpha value is -1.27. The predicted molar refractivity (Wildman–Crippen MR) is 222 cm³/mol. The smallest absolute Gasteiger partial charge is 0.220 e. The molecule has 0 bridgehead atoms. The van der Waals surface area contributed by atoms with Gasteiger partial charge in [-0.3, -0.25) is 4.79 Å². The van der Waals surface area contributed by atoms with Gasteiger partial charge in [-0.25, -0.2) is 0 Å². The van der Waals surface area contributed by atoms with Gasteiger partial charge in [-0.1, -0.05) is 154 Å². The fraction of sp³-hybridized carbons (Fsp3) is 0.932. The Morgan fingerprint density at radius 2 is 1.07 bits per heavy atom. The van der Waals surface area contributed by atoms with E-state index in [0.717, 1.165) is 51.4 Å². The van der Waals surface area contributed by atoms with Crippen LogP contribution in [0.4, 0.5) is 0 Å². The molecule has 2 fully saturated rings. The van der Waals surface area contributed by atoms with Gasteiger partial charge < -0.3 is 65.1 Å². The van der Waals surface area contributed by atoms with Gasteiger partial charge in [-0.2, -0.15) is 0 Å². The number of hydrogen-bond donors (Lipinski definition) is 9. The summed E-state index contributed by atoms with van der Waals surface area (Å²) in [7, 11) is 0. The summed E-state index contributed by atoms with van der Waals surface area (Å²) in [6, 6.07) is -0.904. The zero-order chi connectivity index (χ0) is 42.5. The van der Waals surface area contributed by atoms with Crippen molar-refractivity contribution in [2.45, 2.75) is 242 Å². The molecule has 14 heteroatoms. The number of aliphatic hydroxyl groups is 8. The molecule has 2 aliphatic heterocycles. The highest BCUT2D eigenvalue weighted by Crippen LogP contribution is 2.30. The van der Waals surface area contributed by atoms with E-state index < -0.39 is 86.8 Å². The molecule has 12 atom stereocenters. The summed E-state index contributed by atoms with van der Waals surface area (Å²) in [6.07, 6.45) is 14.3. The first kappa shape index (κ1) is 52.9. The van der Waals surface area contributed by atoms with E-state index in [1.807, 2.05) is 6.08 Å². The third kappa shape index (κ3) is 20.5. The Balaban J connectivity index is 1.82. The van der Waals surface area contributed by atoms with E-state index in [2.05, 4.69) is 19.2 Å². The Morgan fingerprint density at radius 1 is 0.603 bits per heavy atom. The van der Waals surface area contributed by atoms with Crippen LogP contribution in [-0.4, -0.2) is 140 Å². The molecule has 2 heterocycles. The van der Waals surface area contributed by atoms with Crippen LogP contribution in [0.1, 0.15) is 168 Å². The Labute approximate surface area is 348 Å². The van der Waals surface area contributed by atoms with Crippen LogP contribution in [0.15, 0.2) is 12.2 Å². The van der Waals surface area contributed by atoms with Gasteiger partial charge in [0.25, 0.3) is 0 Å². The van der Waals surface area contributed by atoms with Crippen LogP contribution in [0.5, 0.6) is 0 Å². The Bertz CT molecular complexity index is 1040. The highest BCUT2D eigenvalue weighted by molar-refractivity contribution is 5.76. The predicted octanol–water partition coefficient (Wildman–Crippen LogP) is 4.43. The molecule has 0 spiro atoms. The monoisotopic (exact) mass is 834 g/mol. The standard InChI is InChI=1S/C44H83NO13/c1-3-5-7-9-11-12-13-14-15-16-17-18-19-20-22-24-26-28-36(49)45-32(33(48)27-25-23-21-10-8-6-4-2)31-55-43-41(54)39(52)42(35(30-47)57-43)58-44-40(53)38(51)37(50)34(29-46)56-44/h25,27,32-35,37-44,46-48,50-54H,3-24,26,28-31H2,1-2H3,(H,45,49)/b27-25+. The zero-order valence-corrected chi connectivity index (χ0v) is 35.8. The minimum Gasteiger partial charge on any atom is -0.394 e. The lowest BCUT2D eigenvalue weighted by atomic mass is 9.97. The summed E-state index contributed by atoms with van der Waals surface area (Å²) in [5, 5.41) is 86.2. The van der Waals surface area contributed by atoms with Crippen LogP contribution >= 0.6 is 0 Å². The molecule has 2 rings (SSSR count). The number of nitrogens with one attached hydrogen (secondary N) is 1. The maximum Gasteiger partial charge on any atom is 0.220 e. The van der Waals surface area contributed by atoms with Gasteiger partial charge in [-0.15, -0.1) is 0 Å². The van der Waals surface area contributed by atoms with E-state index in [1.165, 1.54) is 89.9 Å². The van der Waals surface area contributed by atoms with Crippen LogP contribution in [0, 0.1) is 0 Å². The number of hydrogen-bond acceptors (Lipinski definition) is 13. The lowest BCUT2D eigenvalue weighted by Crippen LogP contribution is -2.65. The number of carbonyl (C=O) groups excluding carboxylic acids is 1. The van der Waals surface area contributed by atoms with Gasteiger partial charge in [-0.05, 0) is 19.3 Å². The van der Waals surface area contributed by atoms with Gasteiger partial charge >= 0.3 is 0 Å². The first-order valence-corrected chi connectivity index (χ1v) is 22.9. The topological polar surface area (TPSA) is 228 Å². The van der Waals surface area contributed by atoms with E-state index in [9.17, 15) is 45.6 Å². The molecule has 0 saturated carbocycles. The first-order chi connectivity index (χ1) is 28.1. The molecule has 1 amide bonds. The number of carbonyl (C=O) groups is 1. The quantitative estimate of drug-likeness (QED) is 0.0324. The summed E-state index contributed by atoms with van der Waals surface area (Å²) >= 11 is 0. The van der Waals surface area contributed by atoms with E-state index >= 15 is 0 Å². The van der Waals surface area contributed by atoms with Crippen molar-refractivity contribution in [3.8, 4) is 0 Å². The van der Waals surface area contributed by atoms with E-state index in [0.29, 0.717) is 6.42 Å². The molecule has 12 unspecified atom stereocenters. The second-order valence-corrected chi connectivity index (χ2v) is 16.5. The van der Waals surface area contributed by atoms with Gasteiger partial charge in [0.05, 0.1) is 32.0 Å². The van der Waals surface area contributed by atoms with Crippen molar-refractivity contribution in [2.24, 2.45) is 0 Å². The molecule has 342 valence electrons. The number of rotatable bonds is 34. The number of allylic oxidation sites excluding steroid dienone is 1. The molecule has 0 aliphatic carbocycles. The molecule has 2 saturated heterocycles. The molecule has 0 aromatic carbocycles. The molecular formula is C44H83NO13. The van der Waals surface area contributed by atoms with Crippen LogP contribution in [0.3, 0.4) is 0 Å². The van der Waals surface area contributed by atoms with Crippen molar-refractivity contribution >= 4 is 5.91 Å². The molecule has 58 heavy (non-hydrogen) atoms. The third-order valence-corrected chi connectivity index (χ3v) is 11.5. The second-order valence-electron chi connectivity index (χ2n) is 16.5. The van der Waals surface area contributed by atoms with Crippen LogP contribution in [0.2, 0.25) is 0 Å². The molecule has 2 aliphatic rings. The Morgan fingerprint density at radius 3 is 1.59 bits per heavy atom. The van der Waals surface area contributed by atoms with Crippen LogP contribution < -0.4 is 5.32 Å². The molecule has 14 nitrogen and oxygen atoms in total. The average Bonchev–Trinajstić information content (AvgIpc) is 3.22. The zero-order valence-electron chi connectivity index (χ0n) is 35.8. The minimum atomic E-state index is -1.78. The molecular weight excluding hydrogens is 750 g/mol. The second kappa shape index (κ2) is 32.4. The van der Waals surface area contributed by atoms with Crippen molar-refractivity contribution in [3.05, 3.63) is 12.2 Å². The minimum absolute atomic E-state index is 0.243. The van der Waals surface area contributed by atoms with E-state index in [1.54, 1.807) is 6.08 Å². The third-order valence-electron chi connectivity index (χ3n) is 11.5. The number of unbranched alkanes of at least 4 members (excludes halogenated alkanes) is 21. The number of ether oxygens (including phenoxy) is 4. The van der Waals surface area contributed by atoms with Crippen molar-refractivity contribution in [3.63, 3.8) is 0 Å². The normalized spacial score (nSPS) is 28.9. The molecule has 0 radical (unpaired) electrons. The lowest BCUT2D eigenvalue weighted by molar-refractivity contribution is -0.359. The summed E-state index contributed by atoms with van der Waals surface area (Å²) in [4.78, 5) is 13.1. The maximum atomic E-state index is 13.1. The summed E-state index contributed by atoms with van der Waals surface area (Å²) in [5.41, 5.74) is 0. The van der Waals surface area contributed by atoms with Gasteiger partial charge in [0.2, 0.25) is 5.91 Å². The fourth-order valence-electron chi connectivity index (χ4n) is 7.64. The van der Waals surface area contributed by atoms with Gasteiger partial charge in [0.15, 0.2) is 12.6 Å². The van der Waals surface area contributed by atoms with Crippen molar-refractivity contribution < 1.29 is 64.6 Å². The summed E-state index contributed by atoms with van der Waals surface area (Å²) < 4.78 is 22.6. The molecule has 0 aromatic heterocycles. The average molecular weight is 834 g/mol. The van der Waals surface area contributed by atoms with Crippen molar-refractivity contribution in [2.75, 3.05) is 19.8 Å². The maximum absolute atomic E-state index is 13.1. The molecule has 0 aromatic rings. The largest absolute Gasteiger partial charge is 0.394 e. The highest BCUT2D eigenvalue weighted by atomic mass is 16.7. The van der Waals surface area contributed by atoms with Crippen LogP contribution in [0.25, 0.3) is 0 Å². The van der Waals surface area contributed by atoms with E-state index in [4.69, 9.17) is 18.9 Å². The van der Waals surface area contributed by atoms with Crippen LogP contribution in [-0.2, 0) is 23.7 Å². The fourth-order valence-corrected chi connectivity index (χ4v) is 7.64. The van der Waals surface area contributed by atoms with Gasteiger partial charge in [0, 0.05) is 6.42 Å². The number of aliphatic hydroxyl groups excluding tert-OH is 8. The SMILES string of the molecule is CCCCCCC/C=C/C(O)C(COC1OC(CO)C(OC2OC(CO)C(O)C(O)C2O)C(O)C1O)NC(=O)CCCCCCCCCCCCCCCCCCC. The first-order valence-electron chi connectivity index (χ1n) is 22.9. The van der Waals surface area contributed by atoms with Gasteiger partial charge in [0.1, 0.15) is 48.8 Å². The number of amides is 1. The van der Waals surface area contributed by atoms with Crippen molar-refractivity contribution in [1.82, 2.24) is 5.32 Å². The Kier molecular flexibility index (Phi) is 29.6.